The zero-order valence-corrected chi connectivity index (χ0v) is 12.6. The Bertz CT molecular complexity index is 513. The number of benzene rings is 1. The van der Waals surface area contributed by atoms with Gasteiger partial charge < -0.3 is 11.1 Å². The van der Waals surface area contributed by atoms with Crippen LogP contribution in [0.25, 0.3) is 0 Å². The molecule has 2 aliphatic rings. The van der Waals surface area contributed by atoms with Crippen LogP contribution in [0.4, 0.5) is 10.1 Å². The summed E-state index contributed by atoms with van der Waals surface area (Å²) in [6, 6.07) is 6.25. The maximum Gasteiger partial charge on any atom is 0.238 e. The minimum atomic E-state index is -0.343. The number of nitrogens with zero attached hydrogens (tertiary/aromatic N) is 1. The molecule has 2 fully saturated rings. The Morgan fingerprint density at radius 1 is 1.38 bits per heavy atom. The van der Waals surface area contributed by atoms with Gasteiger partial charge in [-0.05, 0) is 42.9 Å². The molecule has 3 unspecified atom stereocenters. The summed E-state index contributed by atoms with van der Waals surface area (Å²) in [5, 5.41) is 2.73. The molecule has 0 aromatic heterocycles. The quantitative estimate of drug-likeness (QED) is 0.895. The minimum Gasteiger partial charge on any atom is -0.327 e. The van der Waals surface area contributed by atoms with Crippen molar-refractivity contribution in [2.24, 2.45) is 17.6 Å². The number of anilines is 1. The van der Waals surface area contributed by atoms with E-state index in [0.29, 0.717) is 24.1 Å². The molecule has 6 heteroatoms. The standard InChI is InChI=1S/C15H20FN3O.ClH/c16-11-2-1-3-12(6-11)18-15(20)9-19-7-10-4-5-14(17)13(10)8-19;/h1-3,6,10,13-14H,4-5,7-9,17H2,(H,18,20);1H. The van der Waals surface area contributed by atoms with E-state index < -0.39 is 0 Å². The number of carbonyl (C=O) groups excluding carboxylic acids is 1. The Morgan fingerprint density at radius 2 is 2.19 bits per heavy atom. The van der Waals surface area contributed by atoms with Crippen molar-refractivity contribution in [3.63, 3.8) is 0 Å². The van der Waals surface area contributed by atoms with E-state index in [1.54, 1.807) is 12.1 Å². The van der Waals surface area contributed by atoms with Crippen LogP contribution in [0.15, 0.2) is 24.3 Å². The van der Waals surface area contributed by atoms with E-state index in [9.17, 15) is 9.18 Å². The number of hydrogen-bond donors (Lipinski definition) is 2. The van der Waals surface area contributed by atoms with E-state index in [0.717, 1.165) is 19.5 Å². The number of nitrogens with one attached hydrogen (secondary N) is 1. The van der Waals surface area contributed by atoms with Gasteiger partial charge in [0.05, 0.1) is 6.54 Å². The lowest BCUT2D eigenvalue weighted by Gasteiger charge is -2.17. The Morgan fingerprint density at radius 3 is 2.90 bits per heavy atom. The molecule has 1 saturated heterocycles. The molecule has 4 nitrogen and oxygen atoms in total. The van der Waals surface area contributed by atoms with Gasteiger partial charge in [0.25, 0.3) is 0 Å². The third-order valence-corrected chi connectivity index (χ3v) is 4.46. The highest BCUT2D eigenvalue weighted by molar-refractivity contribution is 5.92. The van der Waals surface area contributed by atoms with Crippen molar-refractivity contribution in [2.75, 3.05) is 25.0 Å². The lowest BCUT2D eigenvalue weighted by atomic mass is 9.98. The highest BCUT2D eigenvalue weighted by Crippen LogP contribution is 2.36. The molecular weight excluding hydrogens is 293 g/mol. The fourth-order valence-corrected chi connectivity index (χ4v) is 3.50. The van der Waals surface area contributed by atoms with Crippen molar-refractivity contribution in [1.82, 2.24) is 4.90 Å². The first-order valence-electron chi connectivity index (χ1n) is 7.15. The maximum absolute atomic E-state index is 13.0. The second kappa shape index (κ2) is 6.73. The van der Waals surface area contributed by atoms with Gasteiger partial charge in [0, 0.05) is 24.8 Å². The summed E-state index contributed by atoms with van der Waals surface area (Å²) in [7, 11) is 0. The highest BCUT2D eigenvalue weighted by atomic mass is 35.5. The number of likely N-dealkylation sites (tertiary alicyclic amines) is 1. The zero-order chi connectivity index (χ0) is 14.1. The van der Waals surface area contributed by atoms with Crippen LogP contribution in [0.2, 0.25) is 0 Å². The van der Waals surface area contributed by atoms with Gasteiger partial charge in [-0.3, -0.25) is 9.69 Å². The summed E-state index contributed by atoms with van der Waals surface area (Å²) in [6.45, 7) is 2.22. The fourth-order valence-electron chi connectivity index (χ4n) is 3.50. The van der Waals surface area contributed by atoms with E-state index in [1.165, 1.54) is 18.6 Å². The van der Waals surface area contributed by atoms with E-state index >= 15 is 0 Å². The normalized spacial score (nSPS) is 28.0. The Balaban J connectivity index is 0.00000161. The van der Waals surface area contributed by atoms with Crippen molar-refractivity contribution in [3.8, 4) is 0 Å². The van der Waals surface area contributed by atoms with Crippen LogP contribution >= 0.6 is 12.4 Å². The van der Waals surface area contributed by atoms with Gasteiger partial charge in [0.2, 0.25) is 5.91 Å². The predicted octanol–water partition coefficient (Wildman–Crippen LogP) is 1.86. The Hall–Kier alpha value is -1.17. The molecule has 3 rings (SSSR count). The number of nitrogens with two attached hydrogens (primary N) is 1. The number of hydrogen-bond acceptors (Lipinski definition) is 3. The van der Waals surface area contributed by atoms with Crippen LogP contribution in [0.1, 0.15) is 12.8 Å². The highest BCUT2D eigenvalue weighted by Gasteiger charge is 2.41. The molecule has 1 saturated carbocycles. The summed E-state index contributed by atoms with van der Waals surface area (Å²) in [5.74, 6) is 0.748. The van der Waals surface area contributed by atoms with Gasteiger partial charge in [-0.15, -0.1) is 12.4 Å². The van der Waals surface area contributed by atoms with Crippen LogP contribution < -0.4 is 11.1 Å². The van der Waals surface area contributed by atoms with Gasteiger partial charge in [-0.25, -0.2) is 4.39 Å². The van der Waals surface area contributed by atoms with Gasteiger partial charge in [0.1, 0.15) is 5.82 Å². The minimum absolute atomic E-state index is 0. The number of amides is 1. The first kappa shape index (κ1) is 16.2. The van der Waals surface area contributed by atoms with Gasteiger partial charge in [-0.2, -0.15) is 0 Å². The molecule has 1 amide bonds. The molecule has 1 aromatic carbocycles. The molecule has 116 valence electrons. The third kappa shape index (κ3) is 3.73. The van der Waals surface area contributed by atoms with E-state index in [1.807, 2.05) is 0 Å². The lowest BCUT2D eigenvalue weighted by Crippen LogP contribution is -2.34. The van der Waals surface area contributed by atoms with Gasteiger partial charge in [0.15, 0.2) is 0 Å². The third-order valence-electron chi connectivity index (χ3n) is 4.46. The number of halogens is 2. The second-order valence-electron chi connectivity index (χ2n) is 5.92. The number of rotatable bonds is 3. The Kier molecular flexibility index (Phi) is 5.19. The summed E-state index contributed by atoms with van der Waals surface area (Å²) in [6.07, 6.45) is 2.28. The monoisotopic (exact) mass is 313 g/mol. The topological polar surface area (TPSA) is 58.4 Å². The smallest absolute Gasteiger partial charge is 0.238 e. The largest absolute Gasteiger partial charge is 0.327 e. The summed E-state index contributed by atoms with van der Waals surface area (Å²) in [4.78, 5) is 14.1. The lowest BCUT2D eigenvalue weighted by molar-refractivity contribution is -0.117. The summed E-state index contributed by atoms with van der Waals surface area (Å²) >= 11 is 0. The first-order chi connectivity index (χ1) is 9.61. The van der Waals surface area contributed by atoms with Crippen molar-refractivity contribution in [2.45, 2.75) is 18.9 Å². The van der Waals surface area contributed by atoms with E-state index in [-0.39, 0.29) is 30.2 Å². The molecule has 1 aliphatic carbocycles. The Labute approximate surface area is 130 Å². The fraction of sp³-hybridized carbons (Fsp3) is 0.533. The van der Waals surface area contributed by atoms with E-state index in [2.05, 4.69) is 10.2 Å². The second-order valence-corrected chi connectivity index (χ2v) is 5.92. The number of fused-ring (bicyclic) bond motifs is 1. The average molecular weight is 314 g/mol. The average Bonchev–Trinajstić information content (AvgIpc) is 2.92. The van der Waals surface area contributed by atoms with Gasteiger partial charge >= 0.3 is 0 Å². The van der Waals surface area contributed by atoms with Crippen molar-refractivity contribution in [3.05, 3.63) is 30.1 Å². The van der Waals surface area contributed by atoms with Gasteiger partial charge in [-0.1, -0.05) is 6.07 Å². The maximum atomic E-state index is 13.0. The molecule has 0 radical (unpaired) electrons. The van der Waals surface area contributed by atoms with Crippen molar-refractivity contribution in [1.29, 1.82) is 0 Å². The first-order valence-corrected chi connectivity index (χ1v) is 7.15. The molecule has 1 heterocycles. The van der Waals surface area contributed by atoms with Crippen LogP contribution in [0.3, 0.4) is 0 Å². The van der Waals surface area contributed by atoms with Crippen molar-refractivity contribution < 1.29 is 9.18 Å². The SMILES string of the molecule is Cl.NC1CCC2CN(CC(=O)Nc3cccc(F)c3)CC12. The number of carbonyl (C=O) groups is 1. The van der Waals surface area contributed by atoms with Crippen LogP contribution in [-0.4, -0.2) is 36.5 Å². The molecule has 0 spiro atoms. The zero-order valence-electron chi connectivity index (χ0n) is 11.8. The van der Waals surface area contributed by atoms with Crippen LogP contribution in [0, 0.1) is 17.7 Å². The van der Waals surface area contributed by atoms with E-state index in [4.69, 9.17) is 5.73 Å². The molecule has 21 heavy (non-hydrogen) atoms. The molecule has 1 aromatic rings. The summed E-state index contributed by atoms with van der Waals surface area (Å²) in [5.41, 5.74) is 6.59. The van der Waals surface area contributed by atoms with Crippen molar-refractivity contribution >= 4 is 24.0 Å². The molecule has 0 bridgehead atoms. The van der Waals surface area contributed by atoms with Crippen LogP contribution in [0.5, 0.6) is 0 Å². The molecule has 3 atom stereocenters. The molecule has 3 N–H and O–H groups in total. The molecular formula is C15H21ClFN3O. The predicted molar refractivity (Wildman–Crippen MR) is 82.9 cm³/mol. The molecule has 1 aliphatic heterocycles. The van der Waals surface area contributed by atoms with Crippen LogP contribution in [-0.2, 0) is 4.79 Å². The summed E-state index contributed by atoms with van der Waals surface area (Å²) < 4.78 is 13.0.